The lowest BCUT2D eigenvalue weighted by Crippen LogP contribution is -2.41. The van der Waals surface area contributed by atoms with E-state index in [1.165, 1.54) is 56.9 Å². The number of aromatic nitrogens is 2. The third-order valence-electron chi connectivity index (χ3n) is 8.42. The Morgan fingerprint density at radius 2 is 1.50 bits per heavy atom. The van der Waals surface area contributed by atoms with Crippen molar-refractivity contribution in [1.29, 1.82) is 0 Å². The molecule has 1 saturated carbocycles. The van der Waals surface area contributed by atoms with E-state index in [2.05, 4.69) is 70.7 Å². The second kappa shape index (κ2) is 11.3. The van der Waals surface area contributed by atoms with E-state index in [0.29, 0.717) is 22.9 Å². The Morgan fingerprint density at radius 1 is 0.917 bits per heavy atom. The van der Waals surface area contributed by atoms with Gasteiger partial charge < -0.3 is 20.4 Å². The summed E-state index contributed by atoms with van der Waals surface area (Å²) in [7, 11) is 0. The molecule has 2 N–H and O–H groups in total. The minimum Gasteiger partial charge on any atom is -0.361 e. The number of rotatable bonds is 6. The maximum atomic E-state index is 5.78. The van der Waals surface area contributed by atoms with Crippen molar-refractivity contribution in [3.05, 3.63) is 42.0 Å². The van der Waals surface area contributed by atoms with Crippen molar-refractivity contribution in [1.82, 2.24) is 15.3 Å². The monoisotopic (exact) mass is 506 g/mol. The maximum absolute atomic E-state index is 5.78. The number of thiocarbonyl (C=S) groups is 1. The van der Waals surface area contributed by atoms with Crippen molar-refractivity contribution in [2.45, 2.75) is 70.6 Å². The van der Waals surface area contributed by atoms with Gasteiger partial charge in [0, 0.05) is 44.2 Å². The highest BCUT2D eigenvalue weighted by Crippen LogP contribution is 2.40. The smallest absolute Gasteiger partial charge is 0.232 e. The number of benzene rings is 1. The minimum atomic E-state index is 0.148. The molecular formula is C29H42N6S. The number of anilines is 3. The van der Waals surface area contributed by atoms with E-state index < -0.39 is 0 Å². The first kappa shape index (κ1) is 25.2. The molecule has 3 heterocycles. The predicted molar refractivity (Wildman–Crippen MR) is 154 cm³/mol. The van der Waals surface area contributed by atoms with E-state index in [1.807, 2.05) is 0 Å². The molecule has 6 nitrogen and oxygen atoms in total. The average molecular weight is 507 g/mol. The molecule has 3 fully saturated rings. The van der Waals surface area contributed by atoms with Crippen molar-refractivity contribution in [3.8, 4) is 0 Å². The van der Waals surface area contributed by atoms with Gasteiger partial charge in [0.25, 0.3) is 0 Å². The van der Waals surface area contributed by atoms with E-state index in [9.17, 15) is 0 Å². The molecule has 7 heteroatoms. The molecular weight excluding hydrogens is 464 g/mol. The minimum absolute atomic E-state index is 0.148. The second-order valence-corrected chi connectivity index (χ2v) is 11.9. The average Bonchev–Trinajstić information content (AvgIpc) is 3.38. The van der Waals surface area contributed by atoms with E-state index in [-0.39, 0.29) is 5.41 Å². The van der Waals surface area contributed by atoms with Crippen molar-refractivity contribution in [2.24, 2.45) is 11.8 Å². The number of nitrogens with one attached hydrogen (secondary N) is 2. The summed E-state index contributed by atoms with van der Waals surface area (Å²) in [5.74, 6) is 4.02. The molecule has 2 aliphatic heterocycles. The van der Waals surface area contributed by atoms with Crippen LogP contribution in [0.5, 0.6) is 0 Å². The summed E-state index contributed by atoms with van der Waals surface area (Å²) < 4.78 is 0. The summed E-state index contributed by atoms with van der Waals surface area (Å²) in [6, 6.07) is 13.1. The van der Waals surface area contributed by atoms with Gasteiger partial charge in [-0.1, -0.05) is 57.0 Å². The Labute approximate surface area is 222 Å². The molecule has 2 saturated heterocycles. The van der Waals surface area contributed by atoms with E-state index in [1.54, 1.807) is 0 Å². The van der Waals surface area contributed by atoms with Crippen molar-refractivity contribution < 1.29 is 0 Å². The molecule has 1 aromatic carbocycles. The number of nitrogens with zero attached hydrogens (tertiary/aromatic N) is 4. The number of hydrogen-bond acceptors (Lipinski definition) is 5. The van der Waals surface area contributed by atoms with Crippen LogP contribution in [0.1, 0.15) is 70.8 Å². The molecule has 0 bridgehead atoms. The van der Waals surface area contributed by atoms with Gasteiger partial charge in [-0.05, 0) is 68.1 Å². The largest absolute Gasteiger partial charge is 0.361 e. The molecule has 0 amide bonds. The maximum Gasteiger partial charge on any atom is 0.232 e. The van der Waals surface area contributed by atoms with Gasteiger partial charge in [0.1, 0.15) is 11.6 Å². The zero-order chi connectivity index (χ0) is 25.0. The SMILES string of the molecule is C[C@H]1CCCN(c2cc(N3CCC[C@H](C)C3)nc(NC(=S)NCC3(c4ccccc4)CCCC3)n2)C1. The summed E-state index contributed by atoms with van der Waals surface area (Å²) in [5.41, 5.74) is 1.56. The first-order valence-electron chi connectivity index (χ1n) is 14.0. The van der Waals surface area contributed by atoms with Gasteiger partial charge in [-0.15, -0.1) is 0 Å². The molecule has 1 aliphatic carbocycles. The Balaban J connectivity index is 1.32. The lowest BCUT2D eigenvalue weighted by molar-refractivity contribution is 0.435. The highest BCUT2D eigenvalue weighted by atomic mass is 32.1. The quantitative estimate of drug-likeness (QED) is 0.484. The normalized spacial score (nSPS) is 23.9. The highest BCUT2D eigenvalue weighted by molar-refractivity contribution is 7.80. The zero-order valence-corrected chi connectivity index (χ0v) is 22.8. The molecule has 0 spiro atoms. The number of piperidine rings is 2. The molecule has 3 aliphatic rings. The van der Waals surface area contributed by atoms with Crippen LogP contribution in [0.15, 0.2) is 36.4 Å². The molecule has 2 aromatic rings. The molecule has 5 rings (SSSR count). The first-order chi connectivity index (χ1) is 17.5. The first-order valence-corrected chi connectivity index (χ1v) is 14.4. The lowest BCUT2D eigenvalue weighted by Gasteiger charge is -2.35. The summed E-state index contributed by atoms with van der Waals surface area (Å²) in [6.45, 7) is 9.72. The summed E-state index contributed by atoms with van der Waals surface area (Å²) in [4.78, 5) is 14.8. The van der Waals surface area contributed by atoms with Crippen LogP contribution in [0.2, 0.25) is 0 Å². The standard InChI is InChI=1S/C29H42N6S/c1-22-10-8-16-34(19-22)25-18-26(35-17-9-11-23(2)20-35)32-27(31-25)33-28(36)30-21-29(14-6-7-15-29)24-12-4-3-5-13-24/h3-5,12-13,18,22-23H,6-11,14-17,19-21H2,1-2H3,(H2,30,31,32,33,36)/t22-,23-/m0/s1. The van der Waals surface area contributed by atoms with E-state index in [0.717, 1.165) is 44.4 Å². The van der Waals surface area contributed by atoms with Crippen molar-refractivity contribution in [3.63, 3.8) is 0 Å². The van der Waals surface area contributed by atoms with E-state index >= 15 is 0 Å². The van der Waals surface area contributed by atoms with Gasteiger partial charge in [-0.3, -0.25) is 0 Å². The highest BCUT2D eigenvalue weighted by Gasteiger charge is 2.35. The summed E-state index contributed by atoms with van der Waals surface area (Å²) in [6.07, 6.45) is 9.95. The second-order valence-electron chi connectivity index (χ2n) is 11.5. The van der Waals surface area contributed by atoms with Gasteiger partial charge in [0.2, 0.25) is 5.95 Å². The molecule has 0 radical (unpaired) electrons. The topological polar surface area (TPSA) is 56.3 Å². The molecule has 1 aromatic heterocycles. The molecule has 36 heavy (non-hydrogen) atoms. The Kier molecular flexibility index (Phi) is 7.94. The van der Waals surface area contributed by atoms with Crippen molar-refractivity contribution >= 4 is 34.9 Å². The fourth-order valence-corrected chi connectivity index (χ4v) is 6.57. The van der Waals surface area contributed by atoms with Crippen LogP contribution in [-0.2, 0) is 5.41 Å². The summed E-state index contributed by atoms with van der Waals surface area (Å²) in [5, 5.41) is 7.51. The fraction of sp³-hybridized carbons (Fsp3) is 0.621. The zero-order valence-electron chi connectivity index (χ0n) is 22.0. The van der Waals surface area contributed by atoms with Gasteiger partial charge >= 0.3 is 0 Å². The van der Waals surface area contributed by atoms with Crippen molar-refractivity contribution in [2.75, 3.05) is 47.8 Å². The third-order valence-corrected chi connectivity index (χ3v) is 8.67. The fourth-order valence-electron chi connectivity index (χ4n) is 6.40. The van der Waals surface area contributed by atoms with Gasteiger partial charge in [0.15, 0.2) is 5.11 Å². The Morgan fingerprint density at radius 3 is 2.06 bits per heavy atom. The third kappa shape index (κ3) is 5.93. The summed E-state index contributed by atoms with van der Waals surface area (Å²) >= 11 is 5.78. The van der Waals surface area contributed by atoms with Gasteiger partial charge in [-0.25, -0.2) is 0 Å². The van der Waals surface area contributed by atoms with Gasteiger partial charge in [-0.2, -0.15) is 9.97 Å². The lowest BCUT2D eigenvalue weighted by atomic mass is 9.79. The Hall–Kier alpha value is -2.41. The number of hydrogen-bond donors (Lipinski definition) is 2. The molecule has 194 valence electrons. The van der Waals surface area contributed by atoms with Crippen LogP contribution in [0.4, 0.5) is 17.6 Å². The van der Waals surface area contributed by atoms with Crippen LogP contribution < -0.4 is 20.4 Å². The Bertz CT molecular complexity index is 981. The predicted octanol–water partition coefficient (Wildman–Crippen LogP) is 5.75. The van der Waals surface area contributed by atoms with Crippen LogP contribution >= 0.6 is 12.2 Å². The van der Waals surface area contributed by atoms with Crippen LogP contribution in [-0.4, -0.2) is 47.8 Å². The van der Waals surface area contributed by atoms with Gasteiger partial charge in [0.05, 0.1) is 0 Å². The van der Waals surface area contributed by atoms with Crippen LogP contribution in [0.3, 0.4) is 0 Å². The van der Waals surface area contributed by atoms with Crippen LogP contribution in [0.25, 0.3) is 0 Å². The molecule has 0 unspecified atom stereocenters. The molecule has 2 atom stereocenters. The van der Waals surface area contributed by atoms with E-state index in [4.69, 9.17) is 22.2 Å². The van der Waals surface area contributed by atoms with Crippen LogP contribution in [0, 0.1) is 11.8 Å².